The highest BCUT2D eigenvalue weighted by Gasteiger charge is 2.17. The number of esters is 1. The minimum atomic E-state index is -0.478. The Morgan fingerprint density at radius 1 is 1.11 bits per heavy atom. The fourth-order valence-corrected chi connectivity index (χ4v) is 5.27. The van der Waals surface area contributed by atoms with Crippen molar-refractivity contribution in [2.75, 3.05) is 40.3 Å². The van der Waals surface area contributed by atoms with Crippen LogP contribution in [0.15, 0.2) is 46.7 Å². The zero-order chi connectivity index (χ0) is 25.1. The van der Waals surface area contributed by atoms with Crippen LogP contribution in [0, 0.1) is 0 Å². The molecule has 0 atom stereocenters. The third kappa shape index (κ3) is 5.59. The van der Waals surface area contributed by atoms with Crippen molar-refractivity contribution in [2.24, 2.45) is 0 Å². The Bertz CT molecular complexity index is 1340. The highest BCUT2D eigenvalue weighted by molar-refractivity contribution is 7.09. The zero-order valence-corrected chi connectivity index (χ0v) is 21.4. The molecule has 36 heavy (non-hydrogen) atoms. The summed E-state index contributed by atoms with van der Waals surface area (Å²) in [5.74, 6) is -0.00916. The summed E-state index contributed by atoms with van der Waals surface area (Å²) in [5, 5.41) is 2.27. The van der Waals surface area contributed by atoms with Gasteiger partial charge in [-0.15, -0.1) is 11.3 Å². The minimum absolute atomic E-state index is 0.136. The Balaban J connectivity index is 1.24. The van der Waals surface area contributed by atoms with Crippen LogP contribution in [0.3, 0.4) is 0 Å². The second kappa shape index (κ2) is 10.8. The summed E-state index contributed by atoms with van der Waals surface area (Å²) < 4.78 is 12.1. The highest BCUT2D eigenvalue weighted by Crippen LogP contribution is 2.28. The maximum Gasteiger partial charge on any atom is 0.357 e. The Labute approximate surface area is 214 Å². The van der Waals surface area contributed by atoms with Gasteiger partial charge in [0.15, 0.2) is 5.69 Å². The molecule has 188 valence electrons. The van der Waals surface area contributed by atoms with E-state index in [4.69, 9.17) is 4.74 Å². The number of pyridine rings is 1. The van der Waals surface area contributed by atoms with Crippen LogP contribution in [-0.4, -0.2) is 65.7 Å². The predicted molar refractivity (Wildman–Crippen MR) is 140 cm³/mol. The topological polar surface area (TPSA) is 76.9 Å². The number of likely N-dealkylation sites (N-methyl/N-ethyl adjacent to an activating group) is 1. The number of hydrogen-bond donors (Lipinski definition) is 0. The summed E-state index contributed by atoms with van der Waals surface area (Å²) in [5.41, 5.74) is 4.97. The zero-order valence-electron chi connectivity index (χ0n) is 20.6. The van der Waals surface area contributed by atoms with Gasteiger partial charge < -0.3 is 14.4 Å². The molecule has 1 saturated heterocycles. The molecule has 5 rings (SSSR count). The van der Waals surface area contributed by atoms with E-state index < -0.39 is 5.97 Å². The van der Waals surface area contributed by atoms with Gasteiger partial charge in [-0.1, -0.05) is 18.2 Å². The van der Waals surface area contributed by atoms with Crippen molar-refractivity contribution >= 4 is 29.1 Å². The van der Waals surface area contributed by atoms with E-state index in [1.165, 1.54) is 41.2 Å². The number of carbonyl (C=O) groups is 1. The molecule has 3 aromatic rings. The normalized spacial score (nSPS) is 16.3. The van der Waals surface area contributed by atoms with E-state index in [0.717, 1.165) is 51.3 Å². The number of ether oxygens (including phenoxy) is 2. The monoisotopic (exact) mass is 506 g/mol. The number of benzene rings is 1. The van der Waals surface area contributed by atoms with Crippen LogP contribution >= 0.6 is 11.3 Å². The molecule has 8 nitrogen and oxygen atoms in total. The Kier molecular flexibility index (Phi) is 7.31. The molecule has 0 saturated carbocycles. The number of nitrogens with zero attached hydrogens (tertiary/aromatic N) is 4. The van der Waals surface area contributed by atoms with Crippen molar-refractivity contribution in [3.63, 3.8) is 0 Å². The van der Waals surface area contributed by atoms with Gasteiger partial charge >= 0.3 is 5.97 Å². The molecular formula is C27H30N4O4S. The van der Waals surface area contributed by atoms with Crippen LogP contribution in [0.5, 0.6) is 5.75 Å². The molecule has 2 aromatic heterocycles. The largest absolute Gasteiger partial charge is 0.486 e. The first-order chi connectivity index (χ1) is 17.5. The maximum atomic E-state index is 12.9. The lowest BCUT2D eigenvalue weighted by molar-refractivity contribution is 0.0594. The lowest BCUT2D eigenvalue weighted by Gasteiger charge is -2.32. The van der Waals surface area contributed by atoms with E-state index in [0.29, 0.717) is 10.8 Å². The lowest BCUT2D eigenvalue weighted by atomic mass is 9.93. The number of carbonyl (C=O) groups excluding carboxylic acids is 1. The fraction of sp³-hybridized carbons (Fsp3) is 0.370. The predicted octanol–water partition coefficient (Wildman–Crippen LogP) is 3.36. The third-order valence-corrected chi connectivity index (χ3v) is 7.51. The van der Waals surface area contributed by atoms with Gasteiger partial charge in [-0.25, -0.2) is 9.78 Å². The van der Waals surface area contributed by atoms with Gasteiger partial charge in [0, 0.05) is 56.1 Å². The van der Waals surface area contributed by atoms with Gasteiger partial charge in [0.2, 0.25) is 0 Å². The number of aryl methyl sites for hydroxylation is 1. The number of fused-ring (bicyclic) bond motifs is 1. The maximum absolute atomic E-state index is 12.9. The molecule has 1 aliphatic heterocycles. The van der Waals surface area contributed by atoms with Crippen LogP contribution < -0.4 is 10.3 Å². The van der Waals surface area contributed by atoms with E-state index in [-0.39, 0.29) is 17.9 Å². The van der Waals surface area contributed by atoms with Gasteiger partial charge in [-0.05, 0) is 48.7 Å². The Morgan fingerprint density at radius 2 is 1.94 bits per heavy atom. The molecule has 0 bridgehead atoms. The van der Waals surface area contributed by atoms with Gasteiger partial charge in [0.1, 0.15) is 17.4 Å². The van der Waals surface area contributed by atoms with Crippen molar-refractivity contribution in [1.82, 2.24) is 19.4 Å². The molecule has 3 heterocycles. The molecular weight excluding hydrogens is 476 g/mol. The molecule has 0 unspecified atom stereocenters. The van der Waals surface area contributed by atoms with Crippen molar-refractivity contribution in [2.45, 2.75) is 26.0 Å². The molecule has 0 amide bonds. The highest BCUT2D eigenvalue weighted by atomic mass is 32.1. The van der Waals surface area contributed by atoms with E-state index >= 15 is 0 Å². The summed E-state index contributed by atoms with van der Waals surface area (Å²) in [7, 11) is 3.50. The summed E-state index contributed by atoms with van der Waals surface area (Å²) in [4.78, 5) is 33.5. The van der Waals surface area contributed by atoms with Gasteiger partial charge in [-0.2, -0.15) is 0 Å². The number of thiazole rings is 1. The summed E-state index contributed by atoms with van der Waals surface area (Å²) >= 11 is 1.31. The van der Waals surface area contributed by atoms with Crippen LogP contribution in [0.2, 0.25) is 0 Å². The number of allylic oxidation sites excluding steroid dienone is 1. The molecule has 0 spiro atoms. The average Bonchev–Trinajstić information content (AvgIpc) is 3.37. The minimum Gasteiger partial charge on any atom is -0.486 e. The molecule has 1 aromatic carbocycles. The average molecular weight is 507 g/mol. The standard InChI is InChI=1S/C27H30N4O4S/c1-29-9-11-30(12-10-29)16-19-3-4-21-14-22(6-5-20(21)13-19)31-8-7-23(15-26(31)32)35-17-25-28-24(18-36-25)27(33)34-2/h3-4,7-8,13-15,18H,5-6,9-12,16-17H2,1-2H3. The van der Waals surface area contributed by atoms with E-state index in [2.05, 4.69) is 50.8 Å². The Hall–Kier alpha value is -3.27. The lowest BCUT2D eigenvalue weighted by Crippen LogP contribution is -2.43. The molecule has 1 fully saturated rings. The van der Waals surface area contributed by atoms with E-state index in [9.17, 15) is 9.59 Å². The van der Waals surface area contributed by atoms with Crippen molar-refractivity contribution < 1.29 is 14.3 Å². The van der Waals surface area contributed by atoms with E-state index in [1.807, 2.05) is 0 Å². The van der Waals surface area contributed by atoms with Crippen molar-refractivity contribution in [3.8, 4) is 5.75 Å². The third-order valence-electron chi connectivity index (χ3n) is 6.69. The number of rotatable bonds is 7. The van der Waals surface area contributed by atoms with Crippen molar-refractivity contribution in [3.05, 3.63) is 79.7 Å². The first kappa shape index (κ1) is 24.4. The smallest absolute Gasteiger partial charge is 0.357 e. The molecule has 9 heteroatoms. The molecule has 0 N–H and O–H groups in total. The van der Waals surface area contributed by atoms with Crippen molar-refractivity contribution in [1.29, 1.82) is 0 Å². The second-order valence-electron chi connectivity index (χ2n) is 9.23. The van der Waals surface area contributed by atoms with Gasteiger partial charge in [-0.3, -0.25) is 14.3 Å². The van der Waals surface area contributed by atoms with Gasteiger partial charge in [0.25, 0.3) is 5.56 Å². The van der Waals surface area contributed by atoms with Crippen LogP contribution in [0.25, 0.3) is 11.8 Å². The summed E-state index contributed by atoms with van der Waals surface area (Å²) in [6.45, 7) is 5.63. The molecule has 2 aliphatic rings. The number of methoxy groups -OCH3 is 1. The quantitative estimate of drug-likeness (QED) is 0.455. The van der Waals surface area contributed by atoms with Crippen LogP contribution in [0.4, 0.5) is 0 Å². The summed E-state index contributed by atoms with van der Waals surface area (Å²) in [6, 6.07) is 9.99. The Morgan fingerprint density at radius 3 is 2.72 bits per heavy atom. The number of piperazine rings is 1. The molecule has 0 radical (unpaired) electrons. The first-order valence-electron chi connectivity index (χ1n) is 12.1. The van der Waals surface area contributed by atoms with Gasteiger partial charge in [0.05, 0.1) is 7.11 Å². The van der Waals surface area contributed by atoms with E-state index in [1.54, 1.807) is 22.2 Å². The second-order valence-corrected chi connectivity index (χ2v) is 10.2. The van der Waals surface area contributed by atoms with Crippen LogP contribution in [-0.2, 0) is 24.3 Å². The fourth-order valence-electron chi connectivity index (χ4n) is 4.59. The number of hydrogen-bond acceptors (Lipinski definition) is 8. The van der Waals surface area contributed by atoms with Crippen LogP contribution in [0.1, 0.15) is 38.6 Å². The summed E-state index contributed by atoms with van der Waals surface area (Å²) in [6.07, 6.45) is 5.60. The number of aromatic nitrogens is 2. The first-order valence-corrected chi connectivity index (χ1v) is 13.0. The SMILES string of the molecule is COC(=O)c1csc(COc2ccn(C3=Cc4ccc(CN5CCN(C)CC5)cc4CC3)c(=O)c2)n1. The molecule has 1 aliphatic carbocycles.